The van der Waals surface area contributed by atoms with Crippen LogP contribution in [0.5, 0.6) is 0 Å². The second-order valence-electron chi connectivity index (χ2n) is 4.31. The number of hydrogen-bond donors (Lipinski definition) is 2. The number of nitrogens with two attached hydrogens (primary N) is 1. The van der Waals surface area contributed by atoms with Gasteiger partial charge in [0.2, 0.25) is 0 Å². The summed E-state index contributed by atoms with van der Waals surface area (Å²) in [5, 5.41) is 0. The molecule has 1 atom stereocenters. The molecule has 0 aromatic rings. The summed E-state index contributed by atoms with van der Waals surface area (Å²) < 4.78 is 32.9. The van der Waals surface area contributed by atoms with Gasteiger partial charge >= 0.3 is 0 Å². The fourth-order valence-corrected chi connectivity index (χ4v) is 2.70. The number of hydrogen-bond acceptors (Lipinski definition) is 4. The monoisotopic (exact) mass is 265 g/mol. The Morgan fingerprint density at radius 2 is 2.24 bits per heavy atom. The first-order chi connectivity index (χ1) is 8.06. The molecule has 0 aliphatic carbocycles. The lowest BCUT2D eigenvalue weighted by Crippen LogP contribution is -2.43. The first-order valence-electron chi connectivity index (χ1n) is 6.09. The molecule has 1 saturated heterocycles. The van der Waals surface area contributed by atoms with E-state index < -0.39 is 10.2 Å². The van der Waals surface area contributed by atoms with Gasteiger partial charge in [0.05, 0.1) is 6.10 Å². The van der Waals surface area contributed by atoms with Crippen LogP contribution in [0.25, 0.3) is 0 Å². The van der Waals surface area contributed by atoms with E-state index in [-0.39, 0.29) is 6.10 Å². The van der Waals surface area contributed by atoms with Crippen LogP contribution in [0.15, 0.2) is 0 Å². The quantitative estimate of drug-likeness (QED) is 0.660. The highest BCUT2D eigenvalue weighted by atomic mass is 32.2. The highest BCUT2D eigenvalue weighted by Gasteiger charge is 2.20. The third-order valence-corrected chi connectivity index (χ3v) is 4.39. The largest absolute Gasteiger partial charge is 0.377 e. The zero-order chi connectivity index (χ0) is 12.7. The van der Waals surface area contributed by atoms with Gasteiger partial charge in [-0.25, -0.2) is 0 Å². The normalized spacial score (nSPS) is 21.9. The van der Waals surface area contributed by atoms with Crippen molar-refractivity contribution in [2.75, 3.05) is 33.3 Å². The van der Waals surface area contributed by atoms with Crippen molar-refractivity contribution >= 4 is 10.2 Å². The molecule has 0 amide bonds. The molecule has 0 spiro atoms. The molecule has 1 unspecified atom stereocenters. The van der Waals surface area contributed by atoms with E-state index in [0.717, 1.165) is 25.9 Å². The van der Waals surface area contributed by atoms with Crippen LogP contribution in [0.1, 0.15) is 25.7 Å². The van der Waals surface area contributed by atoms with Crippen LogP contribution < -0.4 is 10.5 Å². The minimum absolute atomic E-state index is 0.0152. The van der Waals surface area contributed by atoms with E-state index >= 15 is 0 Å². The molecule has 0 bridgehead atoms. The van der Waals surface area contributed by atoms with Gasteiger partial charge in [-0.3, -0.25) is 0 Å². The van der Waals surface area contributed by atoms with Crippen molar-refractivity contribution in [2.45, 2.75) is 31.8 Å². The molecule has 7 heteroatoms. The van der Waals surface area contributed by atoms with E-state index in [9.17, 15) is 8.42 Å². The Hall–Kier alpha value is -0.210. The van der Waals surface area contributed by atoms with Crippen molar-refractivity contribution in [1.82, 2.24) is 9.03 Å². The van der Waals surface area contributed by atoms with E-state index in [1.54, 1.807) is 7.05 Å². The smallest absolute Gasteiger partial charge is 0.279 e. The summed E-state index contributed by atoms with van der Waals surface area (Å²) in [6.45, 7) is 2.02. The molecule has 6 nitrogen and oxygen atoms in total. The highest BCUT2D eigenvalue weighted by molar-refractivity contribution is 7.87. The Morgan fingerprint density at radius 1 is 1.47 bits per heavy atom. The van der Waals surface area contributed by atoms with Crippen LogP contribution in [0.2, 0.25) is 0 Å². The van der Waals surface area contributed by atoms with Gasteiger partial charge in [-0.05, 0) is 32.2 Å². The second kappa shape index (κ2) is 7.27. The average molecular weight is 265 g/mol. The molecule has 0 aromatic heterocycles. The van der Waals surface area contributed by atoms with Gasteiger partial charge in [-0.2, -0.15) is 17.4 Å². The van der Waals surface area contributed by atoms with Crippen LogP contribution in [-0.2, 0) is 14.9 Å². The third-order valence-electron chi connectivity index (χ3n) is 2.85. The van der Waals surface area contributed by atoms with Crippen LogP contribution in [-0.4, -0.2) is 52.1 Å². The summed E-state index contributed by atoms with van der Waals surface area (Å²) >= 11 is 0. The van der Waals surface area contributed by atoms with Crippen LogP contribution in [0, 0.1) is 0 Å². The molecule has 17 heavy (non-hydrogen) atoms. The van der Waals surface area contributed by atoms with Crippen molar-refractivity contribution in [2.24, 2.45) is 5.73 Å². The van der Waals surface area contributed by atoms with Gasteiger partial charge < -0.3 is 10.5 Å². The Labute approximate surface area is 104 Å². The average Bonchev–Trinajstić information content (AvgIpc) is 2.35. The molecule has 1 aliphatic rings. The molecule has 0 aromatic carbocycles. The molecule has 1 aliphatic heterocycles. The Morgan fingerprint density at radius 3 is 2.82 bits per heavy atom. The topological polar surface area (TPSA) is 84.7 Å². The third kappa shape index (κ3) is 5.31. The SMILES string of the molecule is CN(CCCN)S(=O)(=O)NCC1CCCCO1. The van der Waals surface area contributed by atoms with E-state index in [1.165, 1.54) is 4.31 Å². The molecule has 0 radical (unpaired) electrons. The van der Waals surface area contributed by atoms with Crippen molar-refractivity contribution in [1.29, 1.82) is 0 Å². The second-order valence-corrected chi connectivity index (χ2v) is 6.17. The molecule has 0 saturated carbocycles. The fourth-order valence-electron chi connectivity index (χ4n) is 1.71. The number of ether oxygens (including phenoxy) is 1. The lowest BCUT2D eigenvalue weighted by molar-refractivity contribution is 0.0198. The predicted molar refractivity (Wildman–Crippen MR) is 66.8 cm³/mol. The maximum Gasteiger partial charge on any atom is 0.279 e. The zero-order valence-corrected chi connectivity index (χ0v) is 11.2. The summed E-state index contributed by atoms with van der Waals surface area (Å²) in [6.07, 6.45) is 3.78. The van der Waals surface area contributed by atoms with Gasteiger partial charge in [0.25, 0.3) is 10.2 Å². The van der Waals surface area contributed by atoms with Crippen molar-refractivity contribution in [3.63, 3.8) is 0 Å². The minimum atomic E-state index is -3.38. The summed E-state index contributed by atoms with van der Waals surface area (Å²) in [6, 6.07) is 0. The fraction of sp³-hybridized carbons (Fsp3) is 1.00. The van der Waals surface area contributed by atoms with Gasteiger partial charge in [-0.15, -0.1) is 0 Å². The van der Waals surface area contributed by atoms with Crippen LogP contribution in [0.4, 0.5) is 0 Å². The van der Waals surface area contributed by atoms with Gasteiger partial charge in [0.15, 0.2) is 0 Å². The van der Waals surface area contributed by atoms with Gasteiger partial charge in [0, 0.05) is 26.7 Å². The Balaban J connectivity index is 2.32. The van der Waals surface area contributed by atoms with Crippen molar-refractivity contribution in [3.8, 4) is 0 Å². The van der Waals surface area contributed by atoms with Crippen molar-refractivity contribution < 1.29 is 13.2 Å². The van der Waals surface area contributed by atoms with Gasteiger partial charge in [0.1, 0.15) is 0 Å². The van der Waals surface area contributed by atoms with Gasteiger partial charge in [-0.1, -0.05) is 0 Å². The molecule has 102 valence electrons. The first kappa shape index (κ1) is 14.8. The molecule has 3 N–H and O–H groups in total. The molecule has 1 rings (SSSR count). The number of rotatable bonds is 7. The lowest BCUT2D eigenvalue weighted by atomic mass is 10.1. The molecular weight excluding hydrogens is 242 g/mol. The number of nitrogens with one attached hydrogen (secondary N) is 1. The van der Waals surface area contributed by atoms with Crippen molar-refractivity contribution in [3.05, 3.63) is 0 Å². The maximum absolute atomic E-state index is 11.8. The van der Waals surface area contributed by atoms with E-state index in [2.05, 4.69) is 4.72 Å². The maximum atomic E-state index is 11.8. The molecule has 1 fully saturated rings. The predicted octanol–water partition coefficient (Wildman–Crippen LogP) is -0.329. The Bertz CT molecular complexity index is 302. The van der Waals surface area contributed by atoms with Crippen LogP contribution in [0.3, 0.4) is 0 Å². The summed E-state index contributed by atoms with van der Waals surface area (Å²) in [5.41, 5.74) is 5.35. The molecular formula is C10H23N3O3S. The first-order valence-corrected chi connectivity index (χ1v) is 7.53. The minimum Gasteiger partial charge on any atom is -0.377 e. The van der Waals surface area contributed by atoms with E-state index in [1.807, 2.05) is 0 Å². The summed E-state index contributed by atoms with van der Waals surface area (Å²) in [7, 11) is -1.83. The highest BCUT2D eigenvalue weighted by Crippen LogP contribution is 2.12. The Kier molecular flexibility index (Phi) is 6.35. The van der Waals surface area contributed by atoms with Crippen LogP contribution >= 0.6 is 0 Å². The van der Waals surface area contributed by atoms with E-state index in [0.29, 0.717) is 26.1 Å². The zero-order valence-electron chi connectivity index (χ0n) is 10.4. The number of nitrogens with zero attached hydrogens (tertiary/aromatic N) is 1. The standard InChI is InChI=1S/C10H23N3O3S/c1-13(7-4-6-11)17(14,15)12-9-10-5-2-3-8-16-10/h10,12H,2-9,11H2,1H3. The lowest BCUT2D eigenvalue weighted by Gasteiger charge is -2.24. The van der Waals surface area contributed by atoms with E-state index in [4.69, 9.17) is 10.5 Å². The molecule has 1 heterocycles. The summed E-state index contributed by atoms with van der Waals surface area (Å²) in [4.78, 5) is 0. The summed E-state index contributed by atoms with van der Waals surface area (Å²) in [5.74, 6) is 0.